The van der Waals surface area contributed by atoms with Crippen molar-refractivity contribution in [3.05, 3.63) is 29.3 Å². The SMILES string of the molecule is Cc1ccc(S(=O)(=O)NC2CCCCC2C(=O)O)cc1C. The van der Waals surface area contributed by atoms with E-state index in [4.69, 9.17) is 0 Å². The molecule has 1 aliphatic carbocycles. The van der Waals surface area contributed by atoms with Gasteiger partial charge >= 0.3 is 5.97 Å². The normalized spacial score (nSPS) is 23.0. The highest BCUT2D eigenvalue weighted by molar-refractivity contribution is 7.89. The van der Waals surface area contributed by atoms with Crippen LogP contribution in [0.15, 0.2) is 23.1 Å². The summed E-state index contributed by atoms with van der Waals surface area (Å²) in [6.07, 6.45) is 2.78. The van der Waals surface area contributed by atoms with E-state index in [0.717, 1.165) is 24.0 Å². The van der Waals surface area contributed by atoms with Crippen LogP contribution >= 0.6 is 0 Å². The van der Waals surface area contributed by atoms with Crippen molar-refractivity contribution in [3.8, 4) is 0 Å². The summed E-state index contributed by atoms with van der Waals surface area (Å²) < 4.78 is 27.4. The number of aliphatic carboxylic acids is 1. The number of carboxylic acid groups (broad SMARTS) is 1. The Morgan fingerprint density at radius 1 is 1.19 bits per heavy atom. The van der Waals surface area contributed by atoms with Crippen LogP contribution in [-0.2, 0) is 14.8 Å². The minimum absolute atomic E-state index is 0.195. The molecular weight excluding hydrogens is 290 g/mol. The molecule has 1 aromatic rings. The summed E-state index contributed by atoms with van der Waals surface area (Å²) in [4.78, 5) is 11.4. The van der Waals surface area contributed by atoms with E-state index in [9.17, 15) is 18.3 Å². The highest BCUT2D eigenvalue weighted by Crippen LogP contribution is 2.26. The van der Waals surface area contributed by atoms with Crippen LogP contribution in [0.2, 0.25) is 0 Å². The van der Waals surface area contributed by atoms with Gasteiger partial charge in [-0.15, -0.1) is 0 Å². The van der Waals surface area contributed by atoms with Gasteiger partial charge in [0.1, 0.15) is 0 Å². The Labute approximate surface area is 125 Å². The number of hydrogen-bond acceptors (Lipinski definition) is 3. The molecule has 1 saturated carbocycles. The Morgan fingerprint density at radius 3 is 2.48 bits per heavy atom. The van der Waals surface area contributed by atoms with Gasteiger partial charge < -0.3 is 5.11 Å². The first-order valence-electron chi connectivity index (χ1n) is 7.13. The van der Waals surface area contributed by atoms with E-state index >= 15 is 0 Å². The average molecular weight is 311 g/mol. The number of nitrogens with one attached hydrogen (secondary N) is 1. The topological polar surface area (TPSA) is 83.5 Å². The predicted octanol–water partition coefficient (Wildman–Crippen LogP) is 2.23. The summed E-state index contributed by atoms with van der Waals surface area (Å²) in [5, 5.41) is 9.22. The van der Waals surface area contributed by atoms with Crippen molar-refractivity contribution in [3.63, 3.8) is 0 Å². The van der Waals surface area contributed by atoms with Crippen molar-refractivity contribution in [1.29, 1.82) is 0 Å². The molecule has 0 amide bonds. The molecule has 21 heavy (non-hydrogen) atoms. The number of benzene rings is 1. The van der Waals surface area contributed by atoms with E-state index in [0.29, 0.717) is 12.8 Å². The van der Waals surface area contributed by atoms with Gasteiger partial charge in [-0.3, -0.25) is 4.79 Å². The second-order valence-electron chi connectivity index (χ2n) is 5.70. The lowest BCUT2D eigenvalue weighted by Crippen LogP contribution is -2.45. The molecule has 0 aromatic heterocycles. The van der Waals surface area contributed by atoms with Crippen LogP contribution < -0.4 is 4.72 Å². The van der Waals surface area contributed by atoms with Crippen LogP contribution in [0.4, 0.5) is 0 Å². The molecule has 0 radical (unpaired) electrons. The third-order valence-electron chi connectivity index (χ3n) is 4.18. The number of sulfonamides is 1. The minimum Gasteiger partial charge on any atom is -0.481 e. The third kappa shape index (κ3) is 3.63. The first-order valence-corrected chi connectivity index (χ1v) is 8.62. The van der Waals surface area contributed by atoms with Gasteiger partial charge in [0.05, 0.1) is 10.8 Å². The summed E-state index contributed by atoms with van der Waals surface area (Å²) in [6, 6.07) is 4.42. The van der Waals surface area contributed by atoms with Crippen LogP contribution in [-0.4, -0.2) is 25.5 Å². The van der Waals surface area contributed by atoms with E-state index in [2.05, 4.69) is 4.72 Å². The van der Waals surface area contributed by atoms with E-state index in [-0.39, 0.29) is 4.90 Å². The maximum atomic E-state index is 12.4. The van der Waals surface area contributed by atoms with Gasteiger partial charge in [0.2, 0.25) is 10.0 Å². The van der Waals surface area contributed by atoms with Crippen LogP contribution in [0.1, 0.15) is 36.8 Å². The zero-order valence-corrected chi connectivity index (χ0v) is 13.1. The fraction of sp³-hybridized carbons (Fsp3) is 0.533. The van der Waals surface area contributed by atoms with Crippen LogP contribution in [0.3, 0.4) is 0 Å². The summed E-state index contributed by atoms with van der Waals surface area (Å²) >= 11 is 0. The highest BCUT2D eigenvalue weighted by Gasteiger charge is 2.33. The summed E-state index contributed by atoms with van der Waals surface area (Å²) in [5.74, 6) is -1.57. The molecule has 2 N–H and O–H groups in total. The van der Waals surface area contributed by atoms with Gasteiger partial charge in [-0.25, -0.2) is 13.1 Å². The third-order valence-corrected chi connectivity index (χ3v) is 5.67. The van der Waals surface area contributed by atoms with Crippen molar-refractivity contribution in [2.75, 3.05) is 0 Å². The van der Waals surface area contributed by atoms with E-state index in [1.54, 1.807) is 18.2 Å². The van der Waals surface area contributed by atoms with E-state index in [1.165, 1.54) is 0 Å². The summed E-state index contributed by atoms with van der Waals surface area (Å²) in [5.41, 5.74) is 1.92. The molecule has 1 fully saturated rings. The van der Waals surface area contributed by atoms with Crippen molar-refractivity contribution >= 4 is 16.0 Å². The van der Waals surface area contributed by atoms with Crippen molar-refractivity contribution in [2.24, 2.45) is 5.92 Å². The molecule has 0 bridgehead atoms. The Morgan fingerprint density at radius 2 is 1.86 bits per heavy atom. The molecule has 116 valence electrons. The lowest BCUT2D eigenvalue weighted by molar-refractivity contribution is -0.143. The molecular formula is C15H21NO4S. The molecule has 0 spiro atoms. The molecule has 0 heterocycles. The molecule has 2 unspecified atom stereocenters. The highest BCUT2D eigenvalue weighted by atomic mass is 32.2. The number of aryl methyl sites for hydroxylation is 2. The average Bonchev–Trinajstić information content (AvgIpc) is 2.41. The van der Waals surface area contributed by atoms with Crippen molar-refractivity contribution in [2.45, 2.75) is 50.5 Å². The molecule has 0 saturated heterocycles. The maximum Gasteiger partial charge on any atom is 0.308 e. The van der Waals surface area contributed by atoms with Gasteiger partial charge in [0, 0.05) is 6.04 Å². The van der Waals surface area contributed by atoms with Gasteiger partial charge in [-0.2, -0.15) is 0 Å². The Hall–Kier alpha value is -1.40. The van der Waals surface area contributed by atoms with E-state index in [1.807, 2.05) is 13.8 Å². The molecule has 5 nitrogen and oxygen atoms in total. The number of carbonyl (C=O) groups is 1. The van der Waals surface area contributed by atoms with Crippen molar-refractivity contribution < 1.29 is 18.3 Å². The number of carboxylic acids is 1. The zero-order chi connectivity index (χ0) is 15.6. The fourth-order valence-electron chi connectivity index (χ4n) is 2.72. The summed E-state index contributed by atoms with van der Waals surface area (Å²) in [6.45, 7) is 3.77. The standard InChI is InChI=1S/C15H21NO4S/c1-10-7-8-12(9-11(10)2)21(19,20)16-14-6-4-3-5-13(14)15(17)18/h7-9,13-14,16H,3-6H2,1-2H3,(H,17,18). The molecule has 1 aliphatic rings. The first kappa shape index (κ1) is 16.0. The fourth-order valence-corrected chi connectivity index (χ4v) is 4.11. The maximum absolute atomic E-state index is 12.4. The lowest BCUT2D eigenvalue weighted by atomic mass is 9.85. The monoisotopic (exact) mass is 311 g/mol. The predicted molar refractivity (Wildman–Crippen MR) is 79.6 cm³/mol. The summed E-state index contributed by atoms with van der Waals surface area (Å²) in [7, 11) is -3.68. The number of hydrogen-bond donors (Lipinski definition) is 2. The van der Waals surface area contributed by atoms with Crippen LogP contribution in [0.5, 0.6) is 0 Å². The molecule has 0 aliphatic heterocycles. The molecule has 2 rings (SSSR count). The van der Waals surface area contributed by atoms with Crippen molar-refractivity contribution in [1.82, 2.24) is 4.72 Å². The quantitative estimate of drug-likeness (QED) is 0.893. The van der Waals surface area contributed by atoms with Gasteiger partial charge in [-0.1, -0.05) is 18.9 Å². The number of rotatable bonds is 4. The second kappa shape index (κ2) is 6.15. The first-order chi connectivity index (χ1) is 9.81. The Kier molecular flexibility index (Phi) is 4.68. The Balaban J connectivity index is 2.23. The van der Waals surface area contributed by atoms with Gasteiger partial charge in [-0.05, 0) is 49.9 Å². The minimum atomic E-state index is -3.68. The van der Waals surface area contributed by atoms with Crippen LogP contribution in [0.25, 0.3) is 0 Å². The largest absolute Gasteiger partial charge is 0.481 e. The molecule has 6 heteroatoms. The molecule has 1 aromatic carbocycles. The lowest BCUT2D eigenvalue weighted by Gasteiger charge is -2.29. The van der Waals surface area contributed by atoms with E-state index < -0.39 is 28.0 Å². The van der Waals surface area contributed by atoms with Gasteiger partial charge in [0.25, 0.3) is 0 Å². The molecule has 2 atom stereocenters. The van der Waals surface area contributed by atoms with Crippen LogP contribution in [0, 0.1) is 19.8 Å². The Bertz CT molecular complexity index is 639. The zero-order valence-electron chi connectivity index (χ0n) is 12.3. The van der Waals surface area contributed by atoms with Gasteiger partial charge in [0.15, 0.2) is 0 Å². The second-order valence-corrected chi connectivity index (χ2v) is 7.42. The smallest absolute Gasteiger partial charge is 0.308 e.